The first kappa shape index (κ1) is 19.2. The number of nitrogens with zero attached hydrogens (tertiary/aromatic N) is 2. The van der Waals surface area contributed by atoms with E-state index < -0.39 is 5.97 Å². The van der Waals surface area contributed by atoms with Crippen LogP contribution in [0, 0.1) is 0 Å². The molecule has 0 radical (unpaired) electrons. The van der Waals surface area contributed by atoms with E-state index in [4.69, 9.17) is 10.8 Å². The van der Waals surface area contributed by atoms with Crippen molar-refractivity contribution in [1.82, 2.24) is 15.2 Å². The summed E-state index contributed by atoms with van der Waals surface area (Å²) >= 11 is 1.11. The molecule has 0 unspecified atom stereocenters. The first-order valence-corrected chi connectivity index (χ1v) is 10.2. The minimum Gasteiger partial charge on any atom is -0.481 e. The summed E-state index contributed by atoms with van der Waals surface area (Å²) in [6.45, 7) is 0.552. The third kappa shape index (κ3) is 4.47. The molecule has 4 aromatic rings. The highest BCUT2D eigenvalue weighted by Gasteiger charge is 2.11. The van der Waals surface area contributed by atoms with E-state index in [1.54, 1.807) is 0 Å². The third-order valence-corrected chi connectivity index (χ3v) is 5.43. The number of H-pyrrole nitrogens is 1. The van der Waals surface area contributed by atoms with E-state index in [1.165, 1.54) is 10.8 Å². The van der Waals surface area contributed by atoms with Crippen LogP contribution >= 0.6 is 11.8 Å². The van der Waals surface area contributed by atoms with Crippen LogP contribution < -0.4 is 5.73 Å². The molecule has 4 rings (SSSR count). The molecule has 0 amide bonds. The van der Waals surface area contributed by atoms with E-state index in [1.807, 2.05) is 18.2 Å². The second-order valence-corrected chi connectivity index (χ2v) is 7.64. The molecule has 4 N–H and O–H groups in total. The highest BCUT2D eigenvalue weighted by molar-refractivity contribution is 7.99. The van der Waals surface area contributed by atoms with Crippen molar-refractivity contribution in [3.8, 4) is 22.5 Å². The molecule has 0 spiro atoms. The maximum Gasteiger partial charge on any atom is 0.313 e. The standard InChI is InChI=1S/C22H20N4O2S/c23-8-7-14-9-18(17-6-5-15-3-1-2-4-16(15)11-17)12-19(10-14)21-24-22(26-25-21)29-13-20(27)28/h1-6,9-12H,7-8,13,23H2,(H,27,28)(H,24,25,26). The van der Waals surface area contributed by atoms with Crippen molar-refractivity contribution in [2.75, 3.05) is 12.3 Å². The molecule has 6 nitrogen and oxygen atoms in total. The lowest BCUT2D eigenvalue weighted by molar-refractivity contribution is -0.133. The molecule has 0 atom stereocenters. The summed E-state index contributed by atoms with van der Waals surface area (Å²) in [6, 6.07) is 20.9. The molecule has 0 aliphatic carbocycles. The van der Waals surface area contributed by atoms with Gasteiger partial charge in [0.2, 0.25) is 0 Å². The predicted molar refractivity (Wildman–Crippen MR) is 116 cm³/mol. The molecule has 0 bridgehead atoms. The van der Waals surface area contributed by atoms with Crippen LogP contribution in [0.1, 0.15) is 5.56 Å². The predicted octanol–water partition coefficient (Wildman–Crippen LogP) is 3.97. The van der Waals surface area contributed by atoms with Gasteiger partial charge in [-0.2, -0.15) is 0 Å². The number of carbonyl (C=O) groups is 1. The Morgan fingerprint density at radius 1 is 0.966 bits per heavy atom. The maximum atomic E-state index is 10.8. The van der Waals surface area contributed by atoms with Crippen LogP contribution in [0.15, 0.2) is 65.8 Å². The molecule has 0 aliphatic heterocycles. The van der Waals surface area contributed by atoms with Crippen molar-refractivity contribution in [3.63, 3.8) is 0 Å². The molecular formula is C22H20N4O2S. The topological polar surface area (TPSA) is 105 Å². The fourth-order valence-corrected chi connectivity index (χ4v) is 3.77. The zero-order chi connectivity index (χ0) is 20.2. The quantitative estimate of drug-likeness (QED) is 0.403. The average Bonchev–Trinajstić information content (AvgIpc) is 3.21. The van der Waals surface area contributed by atoms with Gasteiger partial charge in [0.1, 0.15) is 0 Å². The van der Waals surface area contributed by atoms with Crippen LogP contribution in [0.3, 0.4) is 0 Å². The molecule has 0 saturated heterocycles. The lowest BCUT2D eigenvalue weighted by atomic mass is 9.96. The van der Waals surface area contributed by atoms with Gasteiger partial charge in [0.15, 0.2) is 11.0 Å². The Morgan fingerprint density at radius 2 is 1.76 bits per heavy atom. The molecule has 0 fully saturated rings. The Morgan fingerprint density at radius 3 is 2.55 bits per heavy atom. The normalized spacial score (nSPS) is 11.1. The lowest BCUT2D eigenvalue weighted by Crippen LogP contribution is -2.03. The van der Waals surface area contributed by atoms with Gasteiger partial charge < -0.3 is 15.8 Å². The number of carboxylic acids is 1. The largest absolute Gasteiger partial charge is 0.481 e. The Kier molecular flexibility index (Phi) is 5.59. The highest BCUT2D eigenvalue weighted by atomic mass is 32.2. The summed E-state index contributed by atoms with van der Waals surface area (Å²) in [5, 5.41) is 20.0. The lowest BCUT2D eigenvalue weighted by Gasteiger charge is -2.09. The van der Waals surface area contributed by atoms with Crippen LogP contribution in [-0.4, -0.2) is 38.6 Å². The Balaban J connectivity index is 1.73. The number of carboxylic acid groups (broad SMARTS) is 1. The Bertz CT molecular complexity index is 1170. The van der Waals surface area contributed by atoms with Gasteiger partial charge in [-0.05, 0) is 58.6 Å². The molecule has 1 heterocycles. The highest BCUT2D eigenvalue weighted by Crippen LogP contribution is 2.30. The number of aromatic amines is 1. The van der Waals surface area contributed by atoms with Gasteiger partial charge in [0, 0.05) is 5.56 Å². The molecule has 3 aromatic carbocycles. The van der Waals surface area contributed by atoms with Crippen molar-refractivity contribution < 1.29 is 9.90 Å². The Hall–Kier alpha value is -3.16. The fraction of sp³-hybridized carbons (Fsp3) is 0.136. The van der Waals surface area contributed by atoms with Crippen molar-refractivity contribution in [2.24, 2.45) is 5.73 Å². The Labute approximate surface area is 172 Å². The summed E-state index contributed by atoms with van der Waals surface area (Å²) in [6.07, 6.45) is 0.753. The van der Waals surface area contributed by atoms with E-state index in [-0.39, 0.29) is 5.75 Å². The molecule has 146 valence electrons. The van der Waals surface area contributed by atoms with Gasteiger partial charge in [0.05, 0.1) is 5.75 Å². The van der Waals surface area contributed by atoms with Crippen LogP contribution in [0.5, 0.6) is 0 Å². The molecule has 0 saturated carbocycles. The second kappa shape index (κ2) is 8.46. The zero-order valence-electron chi connectivity index (χ0n) is 15.6. The average molecular weight is 404 g/mol. The maximum absolute atomic E-state index is 10.8. The van der Waals surface area contributed by atoms with Crippen LogP contribution in [0.25, 0.3) is 33.3 Å². The van der Waals surface area contributed by atoms with E-state index in [0.29, 0.717) is 17.5 Å². The van der Waals surface area contributed by atoms with Gasteiger partial charge >= 0.3 is 5.97 Å². The number of fused-ring (bicyclic) bond motifs is 1. The molecule has 7 heteroatoms. The number of benzene rings is 3. The molecule has 0 aliphatic rings. The summed E-state index contributed by atoms with van der Waals surface area (Å²) in [7, 11) is 0. The van der Waals surface area contributed by atoms with Crippen molar-refractivity contribution in [3.05, 3.63) is 66.2 Å². The number of rotatable bonds is 7. The number of hydrogen-bond donors (Lipinski definition) is 3. The smallest absolute Gasteiger partial charge is 0.313 e. The zero-order valence-corrected chi connectivity index (χ0v) is 16.4. The van der Waals surface area contributed by atoms with E-state index in [9.17, 15) is 4.79 Å². The van der Waals surface area contributed by atoms with Gasteiger partial charge in [0.25, 0.3) is 0 Å². The minimum atomic E-state index is -0.892. The number of aliphatic carboxylic acids is 1. The van der Waals surface area contributed by atoms with Gasteiger partial charge in [-0.25, -0.2) is 0 Å². The van der Waals surface area contributed by atoms with Crippen LogP contribution in [0.2, 0.25) is 0 Å². The second-order valence-electron chi connectivity index (χ2n) is 6.68. The molecular weight excluding hydrogens is 384 g/mol. The summed E-state index contributed by atoms with van der Waals surface area (Å²) < 4.78 is 0. The number of thioether (sulfide) groups is 1. The third-order valence-electron chi connectivity index (χ3n) is 4.58. The number of aromatic nitrogens is 3. The summed E-state index contributed by atoms with van der Waals surface area (Å²) in [5.41, 5.74) is 9.99. The van der Waals surface area contributed by atoms with Gasteiger partial charge in [-0.1, -0.05) is 54.2 Å². The molecule has 29 heavy (non-hydrogen) atoms. The monoisotopic (exact) mass is 404 g/mol. The van der Waals surface area contributed by atoms with Crippen molar-refractivity contribution >= 4 is 28.5 Å². The SMILES string of the molecule is NCCc1cc(-c2ccc3ccccc3c2)cc(-c2nnc(SCC(=O)O)[nH]2)c1. The first-order valence-electron chi connectivity index (χ1n) is 9.23. The van der Waals surface area contributed by atoms with E-state index in [0.717, 1.165) is 40.4 Å². The van der Waals surface area contributed by atoms with Crippen LogP contribution in [-0.2, 0) is 11.2 Å². The summed E-state index contributed by atoms with van der Waals surface area (Å²) in [4.78, 5) is 13.9. The molecule has 1 aromatic heterocycles. The van der Waals surface area contributed by atoms with Crippen LogP contribution in [0.4, 0.5) is 0 Å². The van der Waals surface area contributed by atoms with E-state index in [2.05, 4.69) is 57.6 Å². The van der Waals surface area contributed by atoms with Gasteiger partial charge in [-0.3, -0.25) is 4.79 Å². The minimum absolute atomic E-state index is 0.0653. The van der Waals surface area contributed by atoms with Crippen molar-refractivity contribution in [1.29, 1.82) is 0 Å². The number of nitrogens with one attached hydrogen (secondary N) is 1. The fourth-order valence-electron chi connectivity index (χ4n) is 3.25. The van der Waals surface area contributed by atoms with Gasteiger partial charge in [-0.15, -0.1) is 10.2 Å². The number of nitrogens with two attached hydrogens (primary N) is 1. The van der Waals surface area contributed by atoms with E-state index >= 15 is 0 Å². The van der Waals surface area contributed by atoms with Crippen molar-refractivity contribution in [2.45, 2.75) is 11.6 Å². The first-order chi connectivity index (χ1) is 14.1. The summed E-state index contributed by atoms with van der Waals surface area (Å²) in [5.74, 6) is -0.347. The number of hydrogen-bond acceptors (Lipinski definition) is 5.